The highest BCUT2D eigenvalue weighted by molar-refractivity contribution is 5.62. The fraction of sp³-hybridized carbons (Fsp3) is 0.400. The summed E-state index contributed by atoms with van der Waals surface area (Å²) >= 11 is 0. The Balaban J connectivity index is 2.63. The van der Waals surface area contributed by atoms with Crippen molar-refractivity contribution in [1.82, 2.24) is 14.6 Å². The van der Waals surface area contributed by atoms with Gasteiger partial charge >= 0.3 is 0 Å². The molecule has 0 aromatic carbocycles. The highest BCUT2D eigenvalue weighted by atomic mass is 15.2. The van der Waals surface area contributed by atoms with Gasteiger partial charge in [0.1, 0.15) is 0 Å². The Morgan fingerprint density at radius 1 is 1.29 bits per heavy atom. The van der Waals surface area contributed by atoms with E-state index in [1.807, 2.05) is 12.4 Å². The Morgan fingerprint density at radius 2 is 2.00 bits per heavy atom. The van der Waals surface area contributed by atoms with Crippen LogP contribution in [0.5, 0.6) is 0 Å². The van der Waals surface area contributed by atoms with E-state index in [0.717, 1.165) is 11.2 Å². The number of anilines is 1. The van der Waals surface area contributed by atoms with Crippen molar-refractivity contribution < 1.29 is 0 Å². The molecule has 0 radical (unpaired) electrons. The summed E-state index contributed by atoms with van der Waals surface area (Å²) in [6.07, 6.45) is 5.45. The summed E-state index contributed by atoms with van der Waals surface area (Å²) in [4.78, 5) is 4.28. The average Bonchev–Trinajstić information content (AvgIpc) is 2.46. The quantitative estimate of drug-likeness (QED) is 0.686. The fourth-order valence-corrected chi connectivity index (χ4v) is 1.28. The van der Waals surface area contributed by atoms with Crippen LogP contribution in [0.25, 0.3) is 5.65 Å². The van der Waals surface area contributed by atoms with Crippen LogP contribution in [0.4, 0.5) is 5.69 Å². The van der Waals surface area contributed by atoms with Crippen molar-refractivity contribution in [3.05, 3.63) is 24.2 Å². The van der Waals surface area contributed by atoms with E-state index in [1.54, 1.807) is 10.7 Å². The first-order valence-electron chi connectivity index (χ1n) is 4.58. The van der Waals surface area contributed by atoms with E-state index in [2.05, 4.69) is 30.9 Å². The minimum absolute atomic E-state index is 0.0852. The van der Waals surface area contributed by atoms with Crippen LogP contribution in [0.3, 0.4) is 0 Å². The minimum atomic E-state index is 0.0852. The molecule has 4 nitrogen and oxygen atoms in total. The summed E-state index contributed by atoms with van der Waals surface area (Å²) < 4.78 is 1.72. The molecule has 74 valence electrons. The summed E-state index contributed by atoms with van der Waals surface area (Å²) in [5.41, 5.74) is 8.26. The van der Waals surface area contributed by atoms with Gasteiger partial charge in [0, 0.05) is 12.4 Å². The molecule has 0 spiro atoms. The standard InChI is InChI=1S/C10H14N4/c1-10(2,3)7-4-12-9-8(11)5-13-14(9)6-7/h4-6H,11H2,1-3H3. The lowest BCUT2D eigenvalue weighted by molar-refractivity contribution is 0.581. The van der Waals surface area contributed by atoms with Gasteiger partial charge in [-0.3, -0.25) is 0 Å². The average molecular weight is 190 g/mol. The Hall–Kier alpha value is -1.58. The van der Waals surface area contributed by atoms with Gasteiger partial charge in [-0.15, -0.1) is 0 Å². The van der Waals surface area contributed by atoms with Crippen molar-refractivity contribution in [2.45, 2.75) is 26.2 Å². The molecule has 0 aliphatic heterocycles. The predicted octanol–water partition coefficient (Wildman–Crippen LogP) is 1.61. The normalized spacial score (nSPS) is 12.2. The molecule has 0 atom stereocenters. The predicted molar refractivity (Wildman–Crippen MR) is 56.1 cm³/mol. The number of nitrogens with two attached hydrogens (primary N) is 1. The van der Waals surface area contributed by atoms with Crippen molar-refractivity contribution in [1.29, 1.82) is 0 Å². The fourth-order valence-electron chi connectivity index (χ4n) is 1.28. The molecule has 0 amide bonds. The first kappa shape index (κ1) is 8.99. The molecule has 4 heteroatoms. The molecule has 2 rings (SSSR count). The van der Waals surface area contributed by atoms with Crippen LogP contribution in [-0.4, -0.2) is 14.6 Å². The van der Waals surface area contributed by atoms with Gasteiger partial charge in [0.2, 0.25) is 0 Å². The van der Waals surface area contributed by atoms with E-state index in [0.29, 0.717) is 5.69 Å². The monoisotopic (exact) mass is 190 g/mol. The molecule has 0 unspecified atom stereocenters. The molecule has 2 aromatic rings. The molecule has 14 heavy (non-hydrogen) atoms. The highest BCUT2D eigenvalue weighted by Crippen LogP contribution is 2.22. The van der Waals surface area contributed by atoms with Gasteiger partial charge in [-0.25, -0.2) is 9.50 Å². The number of rotatable bonds is 0. The molecular weight excluding hydrogens is 176 g/mol. The lowest BCUT2D eigenvalue weighted by Crippen LogP contribution is -2.13. The third kappa shape index (κ3) is 1.32. The van der Waals surface area contributed by atoms with E-state index in [-0.39, 0.29) is 5.41 Å². The van der Waals surface area contributed by atoms with Gasteiger partial charge in [-0.2, -0.15) is 5.10 Å². The van der Waals surface area contributed by atoms with Crippen LogP contribution >= 0.6 is 0 Å². The van der Waals surface area contributed by atoms with E-state index in [1.165, 1.54) is 0 Å². The smallest absolute Gasteiger partial charge is 0.178 e. The third-order valence-electron chi connectivity index (χ3n) is 2.25. The largest absolute Gasteiger partial charge is 0.394 e. The van der Waals surface area contributed by atoms with E-state index in [4.69, 9.17) is 5.73 Å². The number of fused-ring (bicyclic) bond motifs is 1. The van der Waals surface area contributed by atoms with Crippen molar-refractivity contribution in [2.24, 2.45) is 0 Å². The summed E-state index contributed by atoms with van der Waals surface area (Å²) in [6, 6.07) is 0. The number of hydrogen-bond acceptors (Lipinski definition) is 3. The van der Waals surface area contributed by atoms with Crippen LogP contribution in [0, 0.1) is 0 Å². The van der Waals surface area contributed by atoms with E-state index >= 15 is 0 Å². The second-order valence-electron chi connectivity index (χ2n) is 4.46. The second kappa shape index (κ2) is 2.70. The number of nitrogens with zero attached hydrogens (tertiary/aromatic N) is 3. The van der Waals surface area contributed by atoms with Gasteiger partial charge < -0.3 is 5.73 Å². The van der Waals surface area contributed by atoms with Crippen molar-refractivity contribution in [2.75, 3.05) is 5.73 Å². The Kier molecular flexibility index (Phi) is 1.74. The van der Waals surface area contributed by atoms with Crippen LogP contribution in [0.1, 0.15) is 26.3 Å². The molecular formula is C10H14N4. The summed E-state index contributed by atoms with van der Waals surface area (Å²) in [5, 5.41) is 4.12. The van der Waals surface area contributed by atoms with Crippen molar-refractivity contribution in [3.8, 4) is 0 Å². The zero-order chi connectivity index (χ0) is 10.3. The highest BCUT2D eigenvalue weighted by Gasteiger charge is 2.15. The molecule has 2 aromatic heterocycles. The number of nitrogen functional groups attached to an aromatic ring is 1. The van der Waals surface area contributed by atoms with Gasteiger partial charge in [0.05, 0.1) is 11.9 Å². The van der Waals surface area contributed by atoms with Gasteiger partial charge in [0.25, 0.3) is 0 Å². The van der Waals surface area contributed by atoms with Crippen LogP contribution in [0.2, 0.25) is 0 Å². The molecule has 2 N–H and O–H groups in total. The molecule has 0 fully saturated rings. The van der Waals surface area contributed by atoms with Crippen LogP contribution in [-0.2, 0) is 5.41 Å². The number of hydrogen-bond donors (Lipinski definition) is 1. The van der Waals surface area contributed by atoms with Gasteiger partial charge in [0.15, 0.2) is 5.65 Å². The number of aromatic nitrogens is 3. The first-order valence-corrected chi connectivity index (χ1v) is 4.58. The topological polar surface area (TPSA) is 56.2 Å². The zero-order valence-electron chi connectivity index (χ0n) is 8.65. The Morgan fingerprint density at radius 3 is 2.64 bits per heavy atom. The summed E-state index contributed by atoms with van der Waals surface area (Å²) in [7, 11) is 0. The van der Waals surface area contributed by atoms with E-state index in [9.17, 15) is 0 Å². The Bertz CT molecular complexity index is 464. The molecule has 0 aliphatic carbocycles. The lowest BCUT2D eigenvalue weighted by atomic mass is 9.89. The summed E-state index contributed by atoms with van der Waals surface area (Å²) in [6.45, 7) is 6.42. The zero-order valence-corrected chi connectivity index (χ0v) is 8.65. The summed E-state index contributed by atoms with van der Waals surface area (Å²) in [5.74, 6) is 0. The lowest BCUT2D eigenvalue weighted by Gasteiger charge is -2.17. The molecule has 0 bridgehead atoms. The molecule has 0 aliphatic rings. The maximum absolute atomic E-state index is 5.69. The second-order valence-corrected chi connectivity index (χ2v) is 4.46. The Labute approximate surface area is 82.8 Å². The van der Waals surface area contributed by atoms with E-state index < -0.39 is 0 Å². The van der Waals surface area contributed by atoms with Gasteiger partial charge in [-0.05, 0) is 11.0 Å². The maximum Gasteiger partial charge on any atom is 0.178 e. The molecule has 0 saturated heterocycles. The van der Waals surface area contributed by atoms with Gasteiger partial charge in [-0.1, -0.05) is 20.8 Å². The van der Waals surface area contributed by atoms with Crippen LogP contribution < -0.4 is 5.73 Å². The molecule has 0 saturated carbocycles. The SMILES string of the molecule is CC(C)(C)c1cnc2c(N)cnn2c1. The molecule has 2 heterocycles. The van der Waals surface area contributed by atoms with Crippen molar-refractivity contribution in [3.63, 3.8) is 0 Å². The maximum atomic E-state index is 5.69. The van der Waals surface area contributed by atoms with Crippen LogP contribution in [0.15, 0.2) is 18.6 Å². The first-order chi connectivity index (χ1) is 6.48. The minimum Gasteiger partial charge on any atom is -0.394 e. The third-order valence-corrected chi connectivity index (χ3v) is 2.25. The van der Waals surface area contributed by atoms with Crippen molar-refractivity contribution >= 4 is 11.3 Å².